The third-order valence-electron chi connectivity index (χ3n) is 2.10. The van der Waals surface area contributed by atoms with Crippen LogP contribution in [0.1, 0.15) is 5.56 Å². The van der Waals surface area contributed by atoms with Crippen LogP contribution in [0.4, 0.5) is 14.9 Å². The lowest BCUT2D eigenvalue weighted by atomic mass is 10.2. The summed E-state index contributed by atoms with van der Waals surface area (Å²) in [6, 6.07) is 4.09. The first kappa shape index (κ1) is 12.4. The molecule has 0 atom stereocenters. The van der Waals surface area contributed by atoms with Gasteiger partial charge < -0.3 is 16.0 Å². The van der Waals surface area contributed by atoms with Crippen molar-refractivity contribution in [3.63, 3.8) is 0 Å². The molecular weight excluding hydrogens is 209 g/mol. The molecular formula is C11H16FN3O. The molecule has 4 nitrogen and oxygen atoms in total. The molecule has 0 saturated carbocycles. The Bertz CT molecular complexity index is 361. The van der Waals surface area contributed by atoms with Crippen molar-refractivity contribution in [3.8, 4) is 0 Å². The van der Waals surface area contributed by atoms with Crippen LogP contribution in [0.2, 0.25) is 0 Å². The first-order valence-electron chi connectivity index (χ1n) is 5.02. The Morgan fingerprint density at radius 3 is 2.75 bits per heavy atom. The van der Waals surface area contributed by atoms with Gasteiger partial charge in [-0.2, -0.15) is 0 Å². The maximum atomic E-state index is 13.0. The van der Waals surface area contributed by atoms with Crippen LogP contribution >= 0.6 is 0 Å². The molecule has 0 fully saturated rings. The number of rotatable bonds is 3. The number of hydrogen-bond donors (Lipinski definition) is 2. The largest absolute Gasteiger partial charge is 0.329 e. The molecule has 88 valence electrons. The summed E-state index contributed by atoms with van der Waals surface area (Å²) in [7, 11) is 1.63. The zero-order valence-electron chi connectivity index (χ0n) is 9.46. The van der Waals surface area contributed by atoms with E-state index in [1.807, 2.05) is 0 Å². The van der Waals surface area contributed by atoms with Crippen LogP contribution in [-0.4, -0.2) is 31.1 Å². The Balaban J connectivity index is 2.69. The summed E-state index contributed by atoms with van der Waals surface area (Å²) in [5, 5.41) is 2.60. The topological polar surface area (TPSA) is 58.4 Å². The highest BCUT2D eigenvalue weighted by Gasteiger charge is 2.08. The van der Waals surface area contributed by atoms with Crippen molar-refractivity contribution >= 4 is 11.7 Å². The summed E-state index contributed by atoms with van der Waals surface area (Å²) in [6.07, 6.45) is 0. The number of likely N-dealkylation sites (N-methyl/N-ethyl adjacent to an activating group) is 1. The molecule has 0 aromatic heterocycles. The van der Waals surface area contributed by atoms with Crippen LogP contribution in [0.25, 0.3) is 0 Å². The Hall–Kier alpha value is -1.62. The number of amides is 2. The first-order valence-corrected chi connectivity index (χ1v) is 5.02. The quantitative estimate of drug-likeness (QED) is 0.820. The summed E-state index contributed by atoms with van der Waals surface area (Å²) < 4.78 is 13.0. The number of nitrogens with zero attached hydrogens (tertiary/aromatic N) is 1. The van der Waals surface area contributed by atoms with Crippen molar-refractivity contribution in [1.82, 2.24) is 4.90 Å². The average Bonchev–Trinajstić information content (AvgIpc) is 2.16. The fraction of sp³-hybridized carbons (Fsp3) is 0.364. The van der Waals surface area contributed by atoms with E-state index in [0.29, 0.717) is 18.8 Å². The molecule has 0 spiro atoms. The van der Waals surface area contributed by atoms with E-state index in [-0.39, 0.29) is 11.8 Å². The molecule has 1 aromatic rings. The zero-order valence-corrected chi connectivity index (χ0v) is 9.46. The van der Waals surface area contributed by atoms with Gasteiger partial charge in [-0.3, -0.25) is 0 Å². The standard InChI is InChI=1S/C11H16FN3O/c1-8-5-9(12)7-10(6-8)14-11(16)15(2)4-3-13/h5-7H,3-4,13H2,1-2H3,(H,14,16). The van der Waals surface area contributed by atoms with Crippen LogP contribution in [-0.2, 0) is 0 Å². The molecule has 0 unspecified atom stereocenters. The van der Waals surface area contributed by atoms with Crippen LogP contribution in [0.15, 0.2) is 18.2 Å². The molecule has 1 rings (SSSR count). The number of carbonyl (C=O) groups excluding carboxylic acids is 1. The van der Waals surface area contributed by atoms with Gasteiger partial charge in [0.1, 0.15) is 5.82 Å². The predicted molar refractivity (Wildman–Crippen MR) is 61.8 cm³/mol. The number of carbonyl (C=O) groups is 1. The molecule has 0 aliphatic heterocycles. The third kappa shape index (κ3) is 3.51. The minimum Gasteiger partial charge on any atom is -0.329 e. The van der Waals surface area contributed by atoms with Gasteiger partial charge in [0.15, 0.2) is 0 Å². The molecule has 0 heterocycles. The van der Waals surface area contributed by atoms with E-state index in [1.54, 1.807) is 20.0 Å². The van der Waals surface area contributed by atoms with Gasteiger partial charge in [0.05, 0.1) is 0 Å². The first-order chi connectivity index (χ1) is 7.52. The number of nitrogens with one attached hydrogen (secondary N) is 1. The van der Waals surface area contributed by atoms with Gasteiger partial charge in [-0.1, -0.05) is 0 Å². The number of hydrogen-bond acceptors (Lipinski definition) is 2. The van der Waals surface area contributed by atoms with Crippen LogP contribution in [0, 0.1) is 12.7 Å². The summed E-state index contributed by atoms with van der Waals surface area (Å²) in [5.41, 5.74) is 6.54. The number of urea groups is 1. The fourth-order valence-corrected chi connectivity index (χ4v) is 1.32. The van der Waals surface area contributed by atoms with Gasteiger partial charge in [-0.05, 0) is 30.7 Å². The van der Waals surface area contributed by atoms with E-state index in [1.165, 1.54) is 17.0 Å². The van der Waals surface area contributed by atoms with Gasteiger partial charge in [0.25, 0.3) is 0 Å². The summed E-state index contributed by atoms with van der Waals surface area (Å²) in [6.45, 7) is 2.62. The smallest absolute Gasteiger partial charge is 0.321 e. The second-order valence-electron chi connectivity index (χ2n) is 3.66. The lowest BCUT2D eigenvalue weighted by molar-refractivity contribution is 0.223. The Morgan fingerprint density at radius 1 is 1.50 bits per heavy atom. The zero-order chi connectivity index (χ0) is 12.1. The molecule has 16 heavy (non-hydrogen) atoms. The van der Waals surface area contributed by atoms with Crippen molar-refractivity contribution in [2.75, 3.05) is 25.5 Å². The summed E-state index contributed by atoms with van der Waals surface area (Å²) in [4.78, 5) is 13.0. The van der Waals surface area contributed by atoms with Gasteiger partial charge in [0, 0.05) is 25.8 Å². The molecule has 1 aromatic carbocycles. The lowest BCUT2D eigenvalue weighted by Crippen LogP contribution is -2.35. The van der Waals surface area contributed by atoms with E-state index in [9.17, 15) is 9.18 Å². The normalized spacial score (nSPS) is 10.0. The summed E-state index contributed by atoms with van der Waals surface area (Å²) >= 11 is 0. The number of nitrogens with two attached hydrogens (primary N) is 1. The van der Waals surface area contributed by atoms with Crippen LogP contribution < -0.4 is 11.1 Å². The second kappa shape index (κ2) is 5.46. The molecule has 0 aliphatic carbocycles. The van der Waals surface area contributed by atoms with Crippen molar-refractivity contribution in [1.29, 1.82) is 0 Å². The molecule has 3 N–H and O–H groups in total. The van der Waals surface area contributed by atoms with Crippen LogP contribution in [0.5, 0.6) is 0 Å². The highest BCUT2D eigenvalue weighted by molar-refractivity contribution is 5.89. The van der Waals surface area contributed by atoms with Gasteiger partial charge in [-0.25, -0.2) is 9.18 Å². The summed E-state index contributed by atoms with van der Waals surface area (Å²) in [5.74, 6) is -0.364. The molecule has 2 amide bonds. The van der Waals surface area contributed by atoms with Gasteiger partial charge in [-0.15, -0.1) is 0 Å². The number of aryl methyl sites for hydroxylation is 1. The van der Waals surface area contributed by atoms with E-state index >= 15 is 0 Å². The third-order valence-corrected chi connectivity index (χ3v) is 2.10. The van der Waals surface area contributed by atoms with Crippen molar-refractivity contribution in [2.45, 2.75) is 6.92 Å². The Morgan fingerprint density at radius 2 is 2.19 bits per heavy atom. The lowest BCUT2D eigenvalue weighted by Gasteiger charge is -2.17. The number of halogens is 1. The minimum absolute atomic E-state index is 0.296. The molecule has 0 saturated heterocycles. The SMILES string of the molecule is Cc1cc(F)cc(NC(=O)N(C)CCN)c1. The predicted octanol–water partition coefficient (Wildman–Crippen LogP) is 1.56. The van der Waals surface area contributed by atoms with Crippen molar-refractivity contribution in [2.24, 2.45) is 5.73 Å². The van der Waals surface area contributed by atoms with E-state index in [2.05, 4.69) is 5.32 Å². The molecule has 0 radical (unpaired) electrons. The average molecular weight is 225 g/mol. The monoisotopic (exact) mass is 225 g/mol. The van der Waals surface area contributed by atoms with E-state index in [0.717, 1.165) is 5.56 Å². The number of benzene rings is 1. The molecule has 5 heteroatoms. The molecule has 0 bridgehead atoms. The van der Waals surface area contributed by atoms with E-state index < -0.39 is 0 Å². The van der Waals surface area contributed by atoms with Gasteiger partial charge in [0.2, 0.25) is 0 Å². The Labute approximate surface area is 94.2 Å². The minimum atomic E-state index is -0.364. The second-order valence-corrected chi connectivity index (χ2v) is 3.66. The van der Waals surface area contributed by atoms with E-state index in [4.69, 9.17) is 5.73 Å². The fourth-order valence-electron chi connectivity index (χ4n) is 1.32. The highest BCUT2D eigenvalue weighted by Crippen LogP contribution is 2.13. The van der Waals surface area contributed by atoms with Gasteiger partial charge >= 0.3 is 6.03 Å². The highest BCUT2D eigenvalue weighted by atomic mass is 19.1. The van der Waals surface area contributed by atoms with Crippen LogP contribution in [0.3, 0.4) is 0 Å². The maximum Gasteiger partial charge on any atom is 0.321 e. The Kier molecular flexibility index (Phi) is 4.25. The van der Waals surface area contributed by atoms with Crippen molar-refractivity contribution in [3.05, 3.63) is 29.6 Å². The maximum absolute atomic E-state index is 13.0. The molecule has 0 aliphatic rings. The number of anilines is 1. The van der Waals surface area contributed by atoms with Crippen molar-refractivity contribution < 1.29 is 9.18 Å².